The van der Waals surface area contributed by atoms with E-state index in [1.807, 2.05) is 4.90 Å². The molecule has 138 valence electrons. The van der Waals surface area contributed by atoms with Gasteiger partial charge in [-0.25, -0.2) is 0 Å². The van der Waals surface area contributed by atoms with Crippen LogP contribution in [0.4, 0.5) is 0 Å². The normalized spacial score (nSPS) is 17.3. The van der Waals surface area contributed by atoms with Gasteiger partial charge in [0.2, 0.25) is 5.91 Å². The molecule has 0 spiro atoms. The lowest BCUT2D eigenvalue weighted by Crippen LogP contribution is -2.34. The summed E-state index contributed by atoms with van der Waals surface area (Å²) in [4.78, 5) is 14.6. The minimum Gasteiger partial charge on any atom is -0.339 e. The van der Waals surface area contributed by atoms with E-state index in [2.05, 4.69) is 60.7 Å². The zero-order valence-electron chi connectivity index (χ0n) is 15.9. The molecule has 2 aliphatic rings. The predicted molar refractivity (Wildman–Crippen MR) is 111 cm³/mol. The van der Waals surface area contributed by atoms with E-state index in [0.29, 0.717) is 0 Å². The van der Waals surface area contributed by atoms with Crippen molar-refractivity contribution in [2.24, 2.45) is 0 Å². The van der Waals surface area contributed by atoms with Gasteiger partial charge in [-0.15, -0.1) is 0 Å². The second-order valence-electron chi connectivity index (χ2n) is 7.54. The van der Waals surface area contributed by atoms with Gasteiger partial charge in [-0.2, -0.15) is 0 Å². The molecule has 1 aliphatic carbocycles. The molecule has 0 radical (unpaired) electrons. The summed E-state index contributed by atoms with van der Waals surface area (Å²) < 4.78 is 0. The van der Waals surface area contributed by atoms with Crippen LogP contribution in [0.3, 0.4) is 0 Å². The van der Waals surface area contributed by atoms with Gasteiger partial charge >= 0.3 is 0 Å². The summed E-state index contributed by atoms with van der Waals surface area (Å²) >= 11 is 0. The zero-order chi connectivity index (χ0) is 18.5. The number of carbonyl (C=O) groups excluding carboxylic acids is 1. The maximum Gasteiger partial charge on any atom is 0.246 e. The number of hydrogen-bond donors (Lipinski definition) is 0. The molecule has 0 N–H and O–H groups in total. The molecule has 1 aliphatic heterocycles. The number of allylic oxidation sites excluding steroid dienone is 3. The van der Waals surface area contributed by atoms with Gasteiger partial charge in [0.15, 0.2) is 0 Å². The highest BCUT2D eigenvalue weighted by Crippen LogP contribution is 2.34. The van der Waals surface area contributed by atoms with Gasteiger partial charge in [0, 0.05) is 19.2 Å². The highest BCUT2D eigenvalue weighted by atomic mass is 16.2. The topological polar surface area (TPSA) is 20.3 Å². The minimum atomic E-state index is 0.167. The monoisotopic (exact) mass is 357 g/mol. The molecule has 2 heteroatoms. The number of piperidine rings is 1. The van der Waals surface area contributed by atoms with E-state index < -0.39 is 0 Å². The fourth-order valence-electron chi connectivity index (χ4n) is 4.21. The predicted octanol–water partition coefficient (Wildman–Crippen LogP) is 5.20. The first-order valence-corrected chi connectivity index (χ1v) is 10.1. The number of amides is 1. The third kappa shape index (κ3) is 4.21. The van der Waals surface area contributed by atoms with Gasteiger partial charge in [-0.05, 0) is 66.4 Å². The SMILES string of the molecule is O=C(C=CC1=C(Cc2ccccc2)c2ccccc2CC1)N1CCCCC1. The van der Waals surface area contributed by atoms with E-state index in [1.165, 1.54) is 34.3 Å². The summed E-state index contributed by atoms with van der Waals surface area (Å²) in [6.45, 7) is 1.81. The quantitative estimate of drug-likeness (QED) is 0.689. The summed E-state index contributed by atoms with van der Waals surface area (Å²) in [5.74, 6) is 0.167. The molecular weight excluding hydrogens is 330 g/mol. The molecule has 1 fully saturated rings. The highest BCUT2D eigenvalue weighted by Gasteiger charge is 2.19. The van der Waals surface area contributed by atoms with E-state index in [4.69, 9.17) is 0 Å². The lowest BCUT2D eigenvalue weighted by Gasteiger charge is -2.26. The van der Waals surface area contributed by atoms with Crippen molar-refractivity contribution >= 4 is 11.5 Å². The van der Waals surface area contributed by atoms with Crippen LogP contribution >= 0.6 is 0 Å². The number of fused-ring (bicyclic) bond motifs is 1. The molecular formula is C25H27NO. The lowest BCUT2D eigenvalue weighted by molar-refractivity contribution is -0.126. The highest BCUT2D eigenvalue weighted by molar-refractivity contribution is 5.89. The van der Waals surface area contributed by atoms with E-state index >= 15 is 0 Å². The fourth-order valence-corrected chi connectivity index (χ4v) is 4.21. The van der Waals surface area contributed by atoms with E-state index in [9.17, 15) is 4.79 Å². The van der Waals surface area contributed by atoms with Crippen LogP contribution in [0, 0.1) is 0 Å². The number of likely N-dealkylation sites (tertiary alicyclic amines) is 1. The molecule has 1 saturated heterocycles. The molecule has 1 amide bonds. The van der Waals surface area contributed by atoms with Gasteiger partial charge in [0.1, 0.15) is 0 Å². The minimum absolute atomic E-state index is 0.167. The summed E-state index contributed by atoms with van der Waals surface area (Å²) in [5, 5.41) is 0. The van der Waals surface area contributed by atoms with E-state index in [1.54, 1.807) is 6.08 Å². The van der Waals surface area contributed by atoms with Gasteiger partial charge in [0.05, 0.1) is 0 Å². The molecule has 1 heterocycles. The fraction of sp³-hybridized carbons (Fsp3) is 0.320. The Morgan fingerprint density at radius 3 is 2.44 bits per heavy atom. The Balaban J connectivity index is 1.63. The number of nitrogens with zero attached hydrogens (tertiary/aromatic N) is 1. The summed E-state index contributed by atoms with van der Waals surface area (Å²) in [6.07, 6.45) is 10.4. The molecule has 27 heavy (non-hydrogen) atoms. The molecule has 0 saturated carbocycles. The maximum absolute atomic E-state index is 12.6. The molecule has 2 aromatic rings. The second kappa shape index (κ2) is 8.39. The number of hydrogen-bond acceptors (Lipinski definition) is 1. The van der Waals surface area contributed by atoms with Crippen LogP contribution in [0.5, 0.6) is 0 Å². The number of benzene rings is 2. The first-order valence-electron chi connectivity index (χ1n) is 10.1. The van der Waals surface area contributed by atoms with Crippen molar-refractivity contribution in [1.29, 1.82) is 0 Å². The van der Waals surface area contributed by atoms with Crippen molar-refractivity contribution in [1.82, 2.24) is 4.90 Å². The largest absolute Gasteiger partial charge is 0.339 e. The molecule has 0 atom stereocenters. The standard InChI is InChI=1S/C25H27NO/c27-25(26-17-7-2-8-18-26)16-15-22-14-13-21-11-5-6-12-23(21)24(22)19-20-9-3-1-4-10-20/h1,3-6,9-12,15-16H,2,7-8,13-14,17-19H2. The molecule has 4 rings (SSSR count). The second-order valence-corrected chi connectivity index (χ2v) is 7.54. The van der Waals surface area contributed by atoms with Crippen LogP contribution in [0.1, 0.15) is 42.4 Å². The Hall–Kier alpha value is -2.61. The van der Waals surface area contributed by atoms with Crippen molar-refractivity contribution in [3.05, 3.63) is 89.0 Å². The Bertz CT molecular complexity index is 857. The number of aryl methyl sites for hydroxylation is 1. The van der Waals surface area contributed by atoms with Gasteiger partial charge < -0.3 is 4.90 Å². The van der Waals surface area contributed by atoms with Crippen molar-refractivity contribution in [3.8, 4) is 0 Å². The Morgan fingerprint density at radius 2 is 1.63 bits per heavy atom. The Labute approximate surface area is 162 Å². The average molecular weight is 357 g/mol. The first kappa shape index (κ1) is 17.8. The third-order valence-electron chi connectivity index (χ3n) is 5.71. The smallest absolute Gasteiger partial charge is 0.246 e. The maximum atomic E-state index is 12.6. The van der Waals surface area contributed by atoms with E-state index in [0.717, 1.165) is 45.2 Å². The molecule has 2 nitrogen and oxygen atoms in total. The van der Waals surface area contributed by atoms with Crippen LogP contribution in [0.15, 0.2) is 72.3 Å². The van der Waals surface area contributed by atoms with E-state index in [-0.39, 0.29) is 5.91 Å². The van der Waals surface area contributed by atoms with Gasteiger partial charge in [-0.1, -0.05) is 60.7 Å². The van der Waals surface area contributed by atoms with Crippen LogP contribution in [0.2, 0.25) is 0 Å². The van der Waals surface area contributed by atoms with Crippen molar-refractivity contribution in [2.45, 2.75) is 38.5 Å². The molecule has 0 unspecified atom stereocenters. The van der Waals surface area contributed by atoms with Crippen LogP contribution in [-0.4, -0.2) is 23.9 Å². The third-order valence-corrected chi connectivity index (χ3v) is 5.71. The van der Waals surface area contributed by atoms with Crippen LogP contribution in [0.25, 0.3) is 5.57 Å². The van der Waals surface area contributed by atoms with Crippen LogP contribution < -0.4 is 0 Å². The molecule has 0 bridgehead atoms. The van der Waals surface area contributed by atoms with Crippen molar-refractivity contribution in [3.63, 3.8) is 0 Å². The summed E-state index contributed by atoms with van der Waals surface area (Å²) in [7, 11) is 0. The van der Waals surface area contributed by atoms with Gasteiger partial charge in [-0.3, -0.25) is 4.79 Å². The number of carbonyl (C=O) groups is 1. The van der Waals surface area contributed by atoms with Crippen molar-refractivity contribution < 1.29 is 4.79 Å². The summed E-state index contributed by atoms with van der Waals surface area (Å²) in [6, 6.07) is 19.3. The Morgan fingerprint density at radius 1 is 0.889 bits per heavy atom. The first-order chi connectivity index (χ1) is 13.3. The van der Waals surface area contributed by atoms with Gasteiger partial charge in [0.25, 0.3) is 0 Å². The van der Waals surface area contributed by atoms with Crippen molar-refractivity contribution in [2.75, 3.05) is 13.1 Å². The Kier molecular flexibility index (Phi) is 5.53. The number of rotatable bonds is 4. The zero-order valence-corrected chi connectivity index (χ0v) is 15.9. The molecule has 2 aromatic carbocycles. The lowest BCUT2D eigenvalue weighted by atomic mass is 9.82. The average Bonchev–Trinajstić information content (AvgIpc) is 2.74. The van der Waals surface area contributed by atoms with Crippen LogP contribution in [-0.2, 0) is 17.6 Å². The molecule has 0 aromatic heterocycles. The summed E-state index contributed by atoms with van der Waals surface area (Å²) in [5.41, 5.74) is 6.76.